The fraction of sp³-hybridized carbons (Fsp3) is 0.364. The Kier molecular flexibility index (Phi) is 4.59. The third-order valence-corrected chi connectivity index (χ3v) is 3.13. The molecular weight excluding hydrogens is 284 g/mol. The van der Waals surface area contributed by atoms with Crippen LogP contribution in [0.4, 0.5) is 0 Å². The topological polar surface area (TPSA) is 78.1 Å². The number of hydrogen-bond acceptors (Lipinski definition) is 5. The molecule has 0 amide bonds. The van der Waals surface area contributed by atoms with Gasteiger partial charge in [-0.3, -0.25) is 0 Å². The van der Waals surface area contributed by atoms with E-state index in [1.807, 2.05) is 10.8 Å². The first-order chi connectivity index (χ1) is 9.15. The van der Waals surface area contributed by atoms with Crippen molar-refractivity contribution in [3.63, 3.8) is 0 Å². The van der Waals surface area contributed by atoms with Crippen LogP contribution in [0.2, 0.25) is 0 Å². The molecule has 0 unspecified atom stereocenters. The maximum Gasteiger partial charge on any atom is 0.139 e. The lowest BCUT2D eigenvalue weighted by Crippen LogP contribution is -2.09. The zero-order chi connectivity index (χ0) is 13.8. The molecule has 2 rings (SSSR count). The van der Waals surface area contributed by atoms with Gasteiger partial charge in [0.1, 0.15) is 22.0 Å². The van der Waals surface area contributed by atoms with E-state index in [0.29, 0.717) is 30.1 Å². The van der Waals surface area contributed by atoms with Crippen molar-refractivity contribution in [2.75, 3.05) is 20.3 Å². The molecule has 6 nitrogen and oxygen atoms in total. The molecule has 0 aromatic carbocycles. The molecule has 0 saturated heterocycles. The van der Waals surface area contributed by atoms with E-state index < -0.39 is 0 Å². The van der Waals surface area contributed by atoms with Gasteiger partial charge in [0, 0.05) is 18.9 Å². The summed E-state index contributed by atoms with van der Waals surface area (Å²) in [6.45, 7) is 1.40. The third kappa shape index (κ3) is 2.98. The second-order valence-electron chi connectivity index (χ2n) is 3.84. The van der Waals surface area contributed by atoms with Crippen LogP contribution in [0, 0.1) is 4.64 Å². The van der Waals surface area contributed by atoms with E-state index in [1.54, 1.807) is 13.4 Å². The number of thiocarbonyl (C=S) groups is 1. The highest BCUT2D eigenvalue weighted by Gasteiger charge is 2.12. The summed E-state index contributed by atoms with van der Waals surface area (Å²) in [5.41, 5.74) is 7.20. The maximum atomic E-state index is 5.71. The average molecular weight is 298 g/mol. The quantitative estimate of drug-likeness (QED) is 0.619. The van der Waals surface area contributed by atoms with Gasteiger partial charge in [0.2, 0.25) is 0 Å². The standard InChI is InChI=1S/C11H14N4O2S2/c1-16-2-3-17-6-15-4-7(9(12)18)8-10(15)13-5-14-11(8)19/h4-5H,2-3,6H2,1H3,(H2,12,18)(H,13,14,19). The molecule has 102 valence electrons. The van der Waals surface area contributed by atoms with Gasteiger partial charge in [0.05, 0.1) is 24.9 Å². The van der Waals surface area contributed by atoms with Gasteiger partial charge in [0.15, 0.2) is 0 Å². The first-order valence-corrected chi connectivity index (χ1v) is 6.39. The number of fused-ring (bicyclic) bond motifs is 1. The van der Waals surface area contributed by atoms with Gasteiger partial charge in [-0.2, -0.15) is 0 Å². The van der Waals surface area contributed by atoms with Crippen molar-refractivity contribution >= 4 is 40.5 Å². The zero-order valence-electron chi connectivity index (χ0n) is 10.4. The summed E-state index contributed by atoms with van der Waals surface area (Å²) < 4.78 is 12.7. The molecule has 0 saturated carbocycles. The second kappa shape index (κ2) is 6.20. The van der Waals surface area contributed by atoms with Gasteiger partial charge in [-0.25, -0.2) is 4.98 Å². The largest absolute Gasteiger partial charge is 0.389 e. The van der Waals surface area contributed by atoms with E-state index in [-0.39, 0.29) is 4.99 Å². The molecule has 8 heteroatoms. The molecule has 0 atom stereocenters. The highest BCUT2D eigenvalue weighted by Crippen LogP contribution is 2.19. The minimum atomic E-state index is 0.285. The van der Waals surface area contributed by atoms with Gasteiger partial charge in [-0.1, -0.05) is 24.4 Å². The van der Waals surface area contributed by atoms with Crippen LogP contribution >= 0.6 is 24.4 Å². The van der Waals surface area contributed by atoms with E-state index in [9.17, 15) is 0 Å². The number of methoxy groups -OCH3 is 1. The number of hydrogen-bond donors (Lipinski definition) is 2. The number of ether oxygens (including phenoxy) is 2. The molecule has 2 heterocycles. The van der Waals surface area contributed by atoms with Crippen molar-refractivity contribution in [3.05, 3.63) is 22.7 Å². The minimum absolute atomic E-state index is 0.285. The molecule has 0 aliphatic heterocycles. The average Bonchev–Trinajstić information content (AvgIpc) is 2.75. The Bertz CT molecular complexity index is 650. The summed E-state index contributed by atoms with van der Waals surface area (Å²) in [4.78, 5) is 7.36. The van der Waals surface area contributed by atoms with E-state index in [4.69, 9.17) is 39.6 Å². The first-order valence-electron chi connectivity index (χ1n) is 5.58. The SMILES string of the molecule is COCCOCn1cc(C(N)=S)c2c(=S)nc[nH]c21. The highest BCUT2D eigenvalue weighted by atomic mass is 32.1. The number of nitrogens with two attached hydrogens (primary N) is 1. The summed E-state index contributed by atoms with van der Waals surface area (Å²) in [6.07, 6.45) is 3.35. The molecule has 0 fully saturated rings. The van der Waals surface area contributed by atoms with Crippen LogP contribution in [0.1, 0.15) is 5.56 Å². The Morgan fingerprint density at radius 1 is 1.53 bits per heavy atom. The lowest BCUT2D eigenvalue weighted by molar-refractivity contribution is 0.0358. The Morgan fingerprint density at radius 2 is 2.32 bits per heavy atom. The van der Waals surface area contributed by atoms with Crippen molar-refractivity contribution < 1.29 is 9.47 Å². The summed E-state index contributed by atoms with van der Waals surface area (Å²) >= 11 is 10.2. The summed E-state index contributed by atoms with van der Waals surface area (Å²) in [5.74, 6) is 0. The third-order valence-electron chi connectivity index (χ3n) is 2.60. The lowest BCUT2D eigenvalue weighted by Gasteiger charge is -2.06. The van der Waals surface area contributed by atoms with Crippen molar-refractivity contribution in [2.45, 2.75) is 6.73 Å². The number of H-pyrrole nitrogens is 1. The zero-order valence-corrected chi connectivity index (χ0v) is 12.0. The normalized spacial score (nSPS) is 11.0. The predicted molar refractivity (Wildman–Crippen MR) is 78.6 cm³/mol. The lowest BCUT2D eigenvalue weighted by atomic mass is 10.2. The monoisotopic (exact) mass is 298 g/mol. The summed E-state index contributed by atoms with van der Waals surface area (Å²) in [6, 6.07) is 0. The van der Waals surface area contributed by atoms with E-state index >= 15 is 0 Å². The molecule has 19 heavy (non-hydrogen) atoms. The van der Waals surface area contributed by atoms with E-state index in [0.717, 1.165) is 11.0 Å². The Balaban J connectivity index is 2.37. The van der Waals surface area contributed by atoms with Crippen LogP contribution in [0.3, 0.4) is 0 Å². The van der Waals surface area contributed by atoms with Crippen LogP contribution in [0.15, 0.2) is 12.5 Å². The number of rotatable bonds is 6. The van der Waals surface area contributed by atoms with Crippen LogP contribution in [0.5, 0.6) is 0 Å². The first kappa shape index (κ1) is 14.1. The van der Waals surface area contributed by atoms with Gasteiger partial charge in [-0.15, -0.1) is 0 Å². The molecule has 0 spiro atoms. The Hall–Kier alpha value is -1.35. The van der Waals surface area contributed by atoms with Gasteiger partial charge >= 0.3 is 0 Å². The van der Waals surface area contributed by atoms with Crippen LogP contribution < -0.4 is 5.73 Å². The number of nitrogens with one attached hydrogen (secondary N) is 1. The van der Waals surface area contributed by atoms with Gasteiger partial charge in [0.25, 0.3) is 0 Å². The molecule has 0 radical (unpaired) electrons. The highest BCUT2D eigenvalue weighted by molar-refractivity contribution is 7.80. The Morgan fingerprint density at radius 3 is 3.00 bits per heavy atom. The smallest absolute Gasteiger partial charge is 0.139 e. The summed E-state index contributed by atoms with van der Waals surface area (Å²) in [5, 5.41) is 0.750. The molecular formula is C11H14N4O2S2. The number of nitrogens with zero attached hydrogens (tertiary/aromatic N) is 2. The van der Waals surface area contributed by atoms with Crippen molar-refractivity contribution in [1.29, 1.82) is 0 Å². The maximum absolute atomic E-state index is 5.71. The summed E-state index contributed by atoms with van der Waals surface area (Å²) in [7, 11) is 1.63. The molecule has 3 N–H and O–H groups in total. The van der Waals surface area contributed by atoms with E-state index in [2.05, 4.69) is 9.97 Å². The Labute approximate surface area is 120 Å². The number of aromatic amines is 1. The van der Waals surface area contributed by atoms with Crippen molar-refractivity contribution in [1.82, 2.24) is 14.5 Å². The van der Waals surface area contributed by atoms with Crippen molar-refractivity contribution in [2.24, 2.45) is 5.73 Å². The van der Waals surface area contributed by atoms with Crippen LogP contribution in [-0.2, 0) is 16.2 Å². The molecule has 2 aromatic rings. The predicted octanol–water partition coefficient (Wildman–Crippen LogP) is 1.35. The minimum Gasteiger partial charge on any atom is -0.389 e. The van der Waals surface area contributed by atoms with Crippen LogP contribution in [0.25, 0.3) is 11.0 Å². The fourth-order valence-corrected chi connectivity index (χ4v) is 2.15. The van der Waals surface area contributed by atoms with Crippen molar-refractivity contribution in [3.8, 4) is 0 Å². The van der Waals surface area contributed by atoms with Gasteiger partial charge < -0.3 is 24.8 Å². The number of aromatic nitrogens is 3. The van der Waals surface area contributed by atoms with Crippen LogP contribution in [-0.4, -0.2) is 39.8 Å². The molecule has 0 bridgehead atoms. The molecule has 0 aliphatic rings. The second-order valence-corrected chi connectivity index (χ2v) is 4.66. The van der Waals surface area contributed by atoms with E-state index in [1.165, 1.54) is 0 Å². The van der Waals surface area contributed by atoms with Gasteiger partial charge in [-0.05, 0) is 0 Å². The molecule has 2 aromatic heterocycles. The fourth-order valence-electron chi connectivity index (χ4n) is 1.74. The molecule has 0 aliphatic carbocycles.